The molecule has 3 rings (SSSR count). The fourth-order valence-corrected chi connectivity index (χ4v) is 3.15. The molecule has 2 aromatic rings. The number of aromatic nitrogens is 2. The first-order chi connectivity index (χ1) is 9.29. The highest BCUT2D eigenvalue weighted by Crippen LogP contribution is 2.30. The van der Waals surface area contributed by atoms with Crippen LogP contribution in [0.15, 0.2) is 28.7 Å². The van der Waals surface area contributed by atoms with Crippen molar-refractivity contribution in [2.75, 3.05) is 13.6 Å². The second-order valence-corrected chi connectivity index (χ2v) is 5.86. The minimum Gasteiger partial charge on any atom is -0.331 e. The first kappa shape index (κ1) is 12.9. The molecule has 0 fully saturated rings. The lowest BCUT2D eigenvalue weighted by molar-refractivity contribution is 0.663. The molecule has 0 bridgehead atoms. The van der Waals surface area contributed by atoms with E-state index in [0.29, 0.717) is 0 Å². The number of nitrogens with zero attached hydrogens (tertiary/aromatic N) is 2. The number of imidazole rings is 1. The van der Waals surface area contributed by atoms with Gasteiger partial charge >= 0.3 is 0 Å². The Kier molecular flexibility index (Phi) is 3.71. The van der Waals surface area contributed by atoms with Crippen molar-refractivity contribution in [1.29, 1.82) is 0 Å². The molecule has 0 aliphatic carbocycles. The average molecular weight is 320 g/mol. The van der Waals surface area contributed by atoms with Crippen LogP contribution in [0, 0.1) is 0 Å². The van der Waals surface area contributed by atoms with Gasteiger partial charge in [0.25, 0.3) is 0 Å². The molecule has 0 atom stereocenters. The van der Waals surface area contributed by atoms with Gasteiger partial charge in [0.15, 0.2) is 0 Å². The van der Waals surface area contributed by atoms with Crippen LogP contribution in [0.4, 0.5) is 0 Å². The van der Waals surface area contributed by atoms with Crippen molar-refractivity contribution < 1.29 is 0 Å². The SMILES string of the molecule is CNCCc1nc(-c2cccc(Br)c2)c2n1CCC2. The lowest BCUT2D eigenvalue weighted by atomic mass is 10.1. The summed E-state index contributed by atoms with van der Waals surface area (Å²) in [5, 5.41) is 3.20. The van der Waals surface area contributed by atoms with Gasteiger partial charge in [0.2, 0.25) is 0 Å². The molecule has 100 valence electrons. The summed E-state index contributed by atoms with van der Waals surface area (Å²) in [7, 11) is 1.99. The first-order valence-electron chi connectivity index (χ1n) is 6.78. The van der Waals surface area contributed by atoms with E-state index in [4.69, 9.17) is 4.98 Å². The second-order valence-electron chi connectivity index (χ2n) is 4.94. The number of hydrogen-bond acceptors (Lipinski definition) is 2. The number of nitrogens with one attached hydrogen (secondary N) is 1. The van der Waals surface area contributed by atoms with E-state index in [1.54, 1.807) is 0 Å². The summed E-state index contributed by atoms with van der Waals surface area (Å²) in [6, 6.07) is 8.44. The molecule has 0 spiro atoms. The van der Waals surface area contributed by atoms with Gasteiger partial charge in [0.1, 0.15) is 5.82 Å². The van der Waals surface area contributed by atoms with E-state index in [-0.39, 0.29) is 0 Å². The van der Waals surface area contributed by atoms with Gasteiger partial charge in [-0.2, -0.15) is 0 Å². The fourth-order valence-electron chi connectivity index (χ4n) is 2.75. The predicted molar refractivity (Wildman–Crippen MR) is 81.3 cm³/mol. The minimum atomic E-state index is 0.981. The molecule has 0 saturated carbocycles. The monoisotopic (exact) mass is 319 g/mol. The molecule has 0 radical (unpaired) electrons. The summed E-state index contributed by atoms with van der Waals surface area (Å²) in [5.74, 6) is 1.22. The summed E-state index contributed by atoms with van der Waals surface area (Å²) in [5.41, 5.74) is 3.80. The van der Waals surface area contributed by atoms with Gasteiger partial charge < -0.3 is 9.88 Å². The Bertz CT molecular complexity index is 589. The van der Waals surface area contributed by atoms with E-state index in [1.807, 2.05) is 7.05 Å². The summed E-state index contributed by atoms with van der Waals surface area (Å²) in [6.07, 6.45) is 3.39. The maximum atomic E-state index is 4.88. The molecule has 0 saturated heterocycles. The Labute approximate surface area is 122 Å². The van der Waals surface area contributed by atoms with E-state index >= 15 is 0 Å². The zero-order chi connectivity index (χ0) is 13.2. The lowest BCUT2D eigenvalue weighted by Gasteiger charge is -2.02. The van der Waals surface area contributed by atoms with Crippen LogP contribution >= 0.6 is 15.9 Å². The van der Waals surface area contributed by atoms with Gasteiger partial charge in [-0.15, -0.1) is 0 Å². The Morgan fingerprint density at radius 2 is 2.32 bits per heavy atom. The molecule has 1 N–H and O–H groups in total. The van der Waals surface area contributed by atoms with Gasteiger partial charge in [-0.25, -0.2) is 4.98 Å². The summed E-state index contributed by atoms with van der Waals surface area (Å²) in [6.45, 7) is 2.10. The fraction of sp³-hybridized carbons (Fsp3) is 0.400. The van der Waals surface area contributed by atoms with Crippen molar-refractivity contribution in [3.8, 4) is 11.3 Å². The van der Waals surface area contributed by atoms with E-state index in [9.17, 15) is 0 Å². The Morgan fingerprint density at radius 3 is 3.11 bits per heavy atom. The maximum absolute atomic E-state index is 4.88. The molecule has 4 heteroatoms. The highest BCUT2D eigenvalue weighted by Gasteiger charge is 2.21. The third kappa shape index (κ3) is 2.47. The number of fused-ring (bicyclic) bond motifs is 1. The Morgan fingerprint density at radius 1 is 1.42 bits per heavy atom. The van der Waals surface area contributed by atoms with Crippen LogP contribution in [0.1, 0.15) is 17.9 Å². The zero-order valence-electron chi connectivity index (χ0n) is 11.1. The normalized spacial score (nSPS) is 13.8. The van der Waals surface area contributed by atoms with Crippen molar-refractivity contribution in [2.45, 2.75) is 25.8 Å². The molecule has 1 aromatic carbocycles. The topological polar surface area (TPSA) is 29.9 Å². The van der Waals surface area contributed by atoms with E-state index in [1.165, 1.54) is 29.2 Å². The molecule has 1 aromatic heterocycles. The molecule has 0 unspecified atom stereocenters. The van der Waals surface area contributed by atoms with Gasteiger partial charge in [0.05, 0.1) is 5.69 Å². The van der Waals surface area contributed by atoms with Gasteiger partial charge in [0, 0.05) is 35.2 Å². The predicted octanol–water partition coefficient (Wildman–Crippen LogP) is 3.02. The molecule has 1 aliphatic rings. The van der Waals surface area contributed by atoms with Gasteiger partial charge in [-0.3, -0.25) is 0 Å². The summed E-state index contributed by atoms with van der Waals surface area (Å²) >= 11 is 3.54. The molecule has 3 nitrogen and oxygen atoms in total. The van der Waals surface area contributed by atoms with E-state index < -0.39 is 0 Å². The molecule has 0 amide bonds. The summed E-state index contributed by atoms with van der Waals surface area (Å²) < 4.78 is 3.52. The van der Waals surface area contributed by atoms with Crippen LogP contribution in [0.25, 0.3) is 11.3 Å². The Hall–Kier alpha value is -1.13. The van der Waals surface area contributed by atoms with E-state index in [0.717, 1.165) is 30.4 Å². The van der Waals surface area contributed by atoms with Crippen molar-refractivity contribution in [2.24, 2.45) is 0 Å². The number of likely N-dealkylation sites (N-methyl/N-ethyl adjacent to an activating group) is 1. The van der Waals surface area contributed by atoms with Crippen LogP contribution in [-0.4, -0.2) is 23.1 Å². The summed E-state index contributed by atoms with van der Waals surface area (Å²) in [4.78, 5) is 4.88. The highest BCUT2D eigenvalue weighted by molar-refractivity contribution is 9.10. The second kappa shape index (κ2) is 5.47. The van der Waals surface area contributed by atoms with Crippen molar-refractivity contribution in [3.63, 3.8) is 0 Å². The Balaban J connectivity index is 2.02. The molecule has 2 heterocycles. The quantitative estimate of drug-likeness (QED) is 0.938. The van der Waals surface area contributed by atoms with Crippen LogP contribution in [0.3, 0.4) is 0 Å². The van der Waals surface area contributed by atoms with Crippen molar-refractivity contribution in [3.05, 3.63) is 40.3 Å². The number of benzene rings is 1. The van der Waals surface area contributed by atoms with Crippen molar-refractivity contribution in [1.82, 2.24) is 14.9 Å². The molecule has 19 heavy (non-hydrogen) atoms. The number of rotatable bonds is 4. The molecular weight excluding hydrogens is 302 g/mol. The first-order valence-corrected chi connectivity index (χ1v) is 7.57. The van der Waals surface area contributed by atoms with Crippen LogP contribution in [-0.2, 0) is 19.4 Å². The molecular formula is C15H18BrN3. The number of halogens is 1. The maximum Gasteiger partial charge on any atom is 0.110 e. The number of hydrogen-bond donors (Lipinski definition) is 1. The van der Waals surface area contributed by atoms with Crippen molar-refractivity contribution >= 4 is 15.9 Å². The third-order valence-corrected chi connectivity index (χ3v) is 4.14. The third-order valence-electron chi connectivity index (χ3n) is 3.64. The highest BCUT2D eigenvalue weighted by atomic mass is 79.9. The lowest BCUT2D eigenvalue weighted by Crippen LogP contribution is -2.13. The van der Waals surface area contributed by atoms with Crippen LogP contribution < -0.4 is 5.32 Å². The smallest absolute Gasteiger partial charge is 0.110 e. The zero-order valence-corrected chi connectivity index (χ0v) is 12.7. The van der Waals surface area contributed by atoms with Crippen LogP contribution in [0.5, 0.6) is 0 Å². The minimum absolute atomic E-state index is 0.981. The standard InChI is InChI=1S/C15H18BrN3/c1-17-8-7-14-18-15(13-6-3-9-19(13)14)11-4-2-5-12(16)10-11/h2,4-5,10,17H,3,6-9H2,1H3. The van der Waals surface area contributed by atoms with Gasteiger partial charge in [-0.05, 0) is 32.0 Å². The van der Waals surface area contributed by atoms with E-state index in [2.05, 4.69) is 50.1 Å². The molecule has 1 aliphatic heterocycles. The van der Waals surface area contributed by atoms with Crippen LogP contribution in [0.2, 0.25) is 0 Å². The van der Waals surface area contributed by atoms with Gasteiger partial charge in [-0.1, -0.05) is 28.1 Å². The largest absolute Gasteiger partial charge is 0.331 e. The average Bonchev–Trinajstić information content (AvgIpc) is 2.98.